The highest BCUT2D eigenvalue weighted by molar-refractivity contribution is 7.09. The van der Waals surface area contributed by atoms with Crippen LogP contribution in [-0.4, -0.2) is 29.0 Å². The molecule has 1 N–H and O–H groups in total. The number of thiazole rings is 1. The van der Waals surface area contributed by atoms with Gasteiger partial charge in [-0.15, -0.1) is 11.3 Å². The molecule has 0 bridgehead atoms. The van der Waals surface area contributed by atoms with E-state index in [1.165, 1.54) is 0 Å². The van der Waals surface area contributed by atoms with E-state index in [1.807, 2.05) is 12.3 Å². The summed E-state index contributed by atoms with van der Waals surface area (Å²) in [5.74, 6) is 0.409. The lowest BCUT2D eigenvalue weighted by molar-refractivity contribution is -0.156. The van der Waals surface area contributed by atoms with Crippen molar-refractivity contribution >= 4 is 11.3 Å². The predicted octanol–water partition coefficient (Wildman–Crippen LogP) is 3.81. The molecule has 0 saturated carbocycles. The second-order valence-corrected chi connectivity index (χ2v) is 5.62. The number of aliphatic hydroxyl groups is 1. The minimum atomic E-state index is -4.39. The molecule has 114 valence electrons. The van der Waals surface area contributed by atoms with Crippen molar-refractivity contribution in [3.05, 3.63) is 34.7 Å². The normalized spacial score (nSPS) is 13.2. The SMILES string of the molecule is Cc1nc(-c2ccc(OC[C@@H](O)CC(F)(F)F)cc2)cs1. The highest BCUT2D eigenvalue weighted by Gasteiger charge is 2.31. The van der Waals surface area contributed by atoms with Crippen molar-refractivity contribution in [3.8, 4) is 17.0 Å². The van der Waals surface area contributed by atoms with Gasteiger partial charge in [-0.25, -0.2) is 4.98 Å². The van der Waals surface area contributed by atoms with E-state index in [4.69, 9.17) is 4.74 Å². The van der Waals surface area contributed by atoms with Crippen LogP contribution in [0.25, 0.3) is 11.3 Å². The van der Waals surface area contributed by atoms with Crippen molar-refractivity contribution in [2.75, 3.05) is 6.61 Å². The molecule has 3 nitrogen and oxygen atoms in total. The number of aromatic nitrogens is 1. The molecule has 0 radical (unpaired) electrons. The number of ether oxygens (including phenoxy) is 1. The summed E-state index contributed by atoms with van der Waals surface area (Å²) < 4.78 is 41.3. The third-order valence-electron chi connectivity index (χ3n) is 2.68. The van der Waals surface area contributed by atoms with Crippen LogP contribution in [0.5, 0.6) is 5.75 Å². The van der Waals surface area contributed by atoms with Crippen LogP contribution >= 0.6 is 11.3 Å². The van der Waals surface area contributed by atoms with Crippen molar-refractivity contribution in [2.45, 2.75) is 25.6 Å². The lowest BCUT2D eigenvalue weighted by Crippen LogP contribution is -2.25. The van der Waals surface area contributed by atoms with Gasteiger partial charge in [0.1, 0.15) is 12.4 Å². The van der Waals surface area contributed by atoms with Crippen LogP contribution in [0.2, 0.25) is 0 Å². The van der Waals surface area contributed by atoms with Gasteiger partial charge in [-0.1, -0.05) is 0 Å². The first kappa shape index (κ1) is 15.8. The molecule has 0 unspecified atom stereocenters. The predicted molar refractivity (Wildman–Crippen MR) is 74.5 cm³/mol. The van der Waals surface area contributed by atoms with Crippen molar-refractivity contribution in [1.29, 1.82) is 0 Å². The maximum Gasteiger partial charge on any atom is 0.391 e. The molecule has 0 saturated heterocycles. The van der Waals surface area contributed by atoms with Crippen LogP contribution in [0.15, 0.2) is 29.6 Å². The van der Waals surface area contributed by atoms with E-state index in [9.17, 15) is 18.3 Å². The third-order valence-corrected chi connectivity index (χ3v) is 3.45. The first-order chi connectivity index (χ1) is 9.83. The van der Waals surface area contributed by atoms with Gasteiger partial charge in [0.15, 0.2) is 0 Å². The first-order valence-corrected chi connectivity index (χ1v) is 7.11. The van der Waals surface area contributed by atoms with E-state index in [1.54, 1.807) is 35.6 Å². The zero-order valence-electron chi connectivity index (χ0n) is 11.2. The van der Waals surface area contributed by atoms with Gasteiger partial charge in [-0.05, 0) is 31.2 Å². The Morgan fingerprint density at radius 1 is 1.29 bits per heavy atom. The molecule has 0 aliphatic carbocycles. The van der Waals surface area contributed by atoms with E-state index in [0.29, 0.717) is 5.75 Å². The van der Waals surface area contributed by atoms with Gasteiger partial charge in [0.25, 0.3) is 0 Å². The molecule has 0 aliphatic rings. The van der Waals surface area contributed by atoms with E-state index >= 15 is 0 Å². The molecule has 7 heteroatoms. The quantitative estimate of drug-likeness (QED) is 0.912. The van der Waals surface area contributed by atoms with Gasteiger partial charge in [-0.3, -0.25) is 0 Å². The number of hydrogen-bond acceptors (Lipinski definition) is 4. The van der Waals surface area contributed by atoms with Crippen LogP contribution in [0.1, 0.15) is 11.4 Å². The van der Waals surface area contributed by atoms with E-state index in [2.05, 4.69) is 4.98 Å². The van der Waals surface area contributed by atoms with Crippen molar-refractivity contribution in [2.24, 2.45) is 0 Å². The minimum absolute atomic E-state index is 0.394. The molecule has 1 heterocycles. The average molecular weight is 317 g/mol. The molecule has 21 heavy (non-hydrogen) atoms. The summed E-state index contributed by atoms with van der Waals surface area (Å²) >= 11 is 1.54. The maximum absolute atomic E-state index is 12.1. The number of aryl methyl sites for hydroxylation is 1. The Labute approximate surface area is 124 Å². The zero-order chi connectivity index (χ0) is 15.5. The molecule has 0 fully saturated rings. The van der Waals surface area contributed by atoms with E-state index in [-0.39, 0.29) is 0 Å². The Morgan fingerprint density at radius 2 is 1.95 bits per heavy atom. The Kier molecular flexibility index (Phi) is 4.84. The van der Waals surface area contributed by atoms with Crippen LogP contribution in [-0.2, 0) is 0 Å². The molecule has 1 atom stereocenters. The van der Waals surface area contributed by atoms with Crippen molar-refractivity contribution in [1.82, 2.24) is 4.98 Å². The van der Waals surface area contributed by atoms with Crippen LogP contribution in [0, 0.1) is 6.92 Å². The Bertz CT molecular complexity index is 581. The molecular weight excluding hydrogens is 303 g/mol. The molecule has 0 amide bonds. The van der Waals surface area contributed by atoms with Gasteiger partial charge in [-0.2, -0.15) is 13.2 Å². The van der Waals surface area contributed by atoms with Crippen molar-refractivity contribution < 1.29 is 23.0 Å². The Hall–Kier alpha value is -1.60. The molecule has 2 aromatic rings. The summed E-state index contributed by atoms with van der Waals surface area (Å²) in [5, 5.41) is 12.1. The highest BCUT2D eigenvalue weighted by atomic mass is 32.1. The summed E-state index contributed by atoms with van der Waals surface area (Å²) in [6.07, 6.45) is -7.23. The number of aliphatic hydroxyl groups excluding tert-OH is 1. The molecule has 2 rings (SSSR count). The summed E-state index contributed by atoms with van der Waals surface area (Å²) in [4.78, 5) is 4.34. The lowest BCUT2D eigenvalue weighted by Gasteiger charge is -2.14. The number of rotatable bonds is 5. The van der Waals surface area contributed by atoms with Gasteiger partial charge in [0.05, 0.1) is 23.2 Å². The second-order valence-electron chi connectivity index (χ2n) is 4.56. The number of alkyl halides is 3. The summed E-state index contributed by atoms with van der Waals surface area (Å²) in [7, 11) is 0. The van der Waals surface area contributed by atoms with Crippen LogP contribution in [0.3, 0.4) is 0 Å². The molecule has 0 spiro atoms. The standard InChI is InChI=1S/C14H14F3NO2S/c1-9-18-13(8-21-9)10-2-4-12(5-3-10)20-7-11(19)6-14(15,16)17/h2-5,8,11,19H,6-7H2,1H3/t11-/m0/s1. The fraction of sp³-hybridized carbons (Fsp3) is 0.357. The van der Waals surface area contributed by atoms with E-state index < -0.39 is 25.3 Å². The number of hydrogen-bond donors (Lipinski definition) is 1. The Morgan fingerprint density at radius 3 is 2.48 bits per heavy atom. The zero-order valence-corrected chi connectivity index (χ0v) is 12.0. The summed E-state index contributed by atoms with van der Waals surface area (Å²) in [5.41, 5.74) is 1.75. The average Bonchev–Trinajstić information content (AvgIpc) is 2.82. The molecule has 0 aliphatic heterocycles. The van der Waals surface area contributed by atoms with Gasteiger partial charge in [0.2, 0.25) is 0 Å². The smallest absolute Gasteiger partial charge is 0.391 e. The van der Waals surface area contributed by atoms with Gasteiger partial charge >= 0.3 is 6.18 Å². The van der Waals surface area contributed by atoms with Gasteiger partial charge in [0, 0.05) is 10.9 Å². The lowest BCUT2D eigenvalue weighted by atomic mass is 10.2. The highest BCUT2D eigenvalue weighted by Crippen LogP contribution is 2.25. The topological polar surface area (TPSA) is 42.4 Å². The molecule has 1 aromatic heterocycles. The molecule has 1 aromatic carbocycles. The molecular formula is C14H14F3NO2S. The Balaban J connectivity index is 1.91. The van der Waals surface area contributed by atoms with Crippen molar-refractivity contribution in [3.63, 3.8) is 0 Å². The second kappa shape index (κ2) is 6.44. The van der Waals surface area contributed by atoms with Gasteiger partial charge < -0.3 is 9.84 Å². The fourth-order valence-electron chi connectivity index (χ4n) is 1.74. The number of halogens is 3. The summed E-state index contributed by atoms with van der Waals surface area (Å²) in [6, 6.07) is 6.84. The third kappa shape index (κ3) is 5.02. The monoisotopic (exact) mass is 317 g/mol. The van der Waals surface area contributed by atoms with E-state index in [0.717, 1.165) is 16.3 Å². The maximum atomic E-state index is 12.1. The largest absolute Gasteiger partial charge is 0.491 e. The van der Waals surface area contributed by atoms with Crippen LogP contribution in [0.4, 0.5) is 13.2 Å². The minimum Gasteiger partial charge on any atom is -0.491 e. The number of benzene rings is 1. The first-order valence-electron chi connectivity index (χ1n) is 6.24. The fourth-order valence-corrected chi connectivity index (χ4v) is 2.36. The summed E-state index contributed by atoms with van der Waals surface area (Å²) in [6.45, 7) is 1.52. The van der Waals surface area contributed by atoms with Crippen LogP contribution < -0.4 is 4.74 Å². The number of nitrogens with zero attached hydrogens (tertiary/aromatic N) is 1.